The van der Waals surface area contributed by atoms with E-state index in [-0.39, 0.29) is 11.6 Å². The Bertz CT molecular complexity index is 613. The number of halogens is 1. The molecule has 1 aromatic heterocycles. The van der Waals surface area contributed by atoms with Crippen LogP contribution in [0.25, 0.3) is 0 Å². The van der Waals surface area contributed by atoms with Gasteiger partial charge in [0, 0.05) is 12.3 Å². The molecule has 1 heterocycles. The van der Waals surface area contributed by atoms with E-state index in [4.69, 9.17) is 4.74 Å². The molecule has 0 amide bonds. The lowest BCUT2D eigenvalue weighted by Crippen LogP contribution is -2.02. The van der Waals surface area contributed by atoms with Gasteiger partial charge in [-0.3, -0.25) is 0 Å². The quantitative estimate of drug-likeness (QED) is 0.796. The number of rotatable bonds is 3. The van der Waals surface area contributed by atoms with Crippen LogP contribution in [0.1, 0.15) is 15.9 Å². The van der Waals surface area contributed by atoms with Crippen LogP contribution < -0.4 is 4.74 Å². The number of esters is 1. The summed E-state index contributed by atoms with van der Waals surface area (Å²) in [4.78, 5) is 15.3. The van der Waals surface area contributed by atoms with Crippen molar-refractivity contribution in [2.75, 3.05) is 7.11 Å². The van der Waals surface area contributed by atoms with Crippen molar-refractivity contribution in [3.8, 4) is 11.6 Å². The standard InChI is InChI=1S/C14H12FNO3/c1-9-4-3-5-11(13(9)15)19-12-8-10(6-7-16-12)14(17)18-2/h3-8H,1-2H3. The van der Waals surface area contributed by atoms with Crippen molar-refractivity contribution in [2.45, 2.75) is 6.92 Å². The molecule has 0 aliphatic rings. The number of hydrogen-bond acceptors (Lipinski definition) is 4. The number of hydrogen-bond donors (Lipinski definition) is 0. The van der Waals surface area contributed by atoms with Gasteiger partial charge in [0.25, 0.3) is 0 Å². The topological polar surface area (TPSA) is 48.4 Å². The van der Waals surface area contributed by atoms with Crippen molar-refractivity contribution in [2.24, 2.45) is 0 Å². The van der Waals surface area contributed by atoms with E-state index < -0.39 is 11.8 Å². The zero-order valence-corrected chi connectivity index (χ0v) is 10.5. The average molecular weight is 261 g/mol. The average Bonchev–Trinajstić information content (AvgIpc) is 2.43. The summed E-state index contributed by atoms with van der Waals surface area (Å²) in [6.45, 7) is 1.64. The molecular formula is C14H12FNO3. The molecule has 2 rings (SSSR count). The van der Waals surface area contributed by atoms with E-state index in [0.29, 0.717) is 11.1 Å². The van der Waals surface area contributed by atoms with Crippen LogP contribution >= 0.6 is 0 Å². The van der Waals surface area contributed by atoms with Crippen LogP contribution in [0.4, 0.5) is 4.39 Å². The van der Waals surface area contributed by atoms with Gasteiger partial charge in [0.05, 0.1) is 12.7 Å². The van der Waals surface area contributed by atoms with Gasteiger partial charge in [0.1, 0.15) is 0 Å². The third-order valence-corrected chi connectivity index (χ3v) is 2.53. The molecule has 0 fully saturated rings. The fourth-order valence-corrected chi connectivity index (χ4v) is 1.52. The van der Waals surface area contributed by atoms with Crippen molar-refractivity contribution >= 4 is 5.97 Å². The summed E-state index contributed by atoms with van der Waals surface area (Å²) in [6.07, 6.45) is 1.40. The number of ether oxygens (including phenoxy) is 2. The van der Waals surface area contributed by atoms with Gasteiger partial charge in [-0.2, -0.15) is 0 Å². The highest BCUT2D eigenvalue weighted by Gasteiger charge is 2.10. The number of aromatic nitrogens is 1. The lowest BCUT2D eigenvalue weighted by Gasteiger charge is -2.08. The molecule has 0 saturated carbocycles. The molecule has 19 heavy (non-hydrogen) atoms. The predicted octanol–water partition coefficient (Wildman–Crippen LogP) is 3.11. The number of nitrogens with zero attached hydrogens (tertiary/aromatic N) is 1. The summed E-state index contributed by atoms with van der Waals surface area (Å²) < 4.78 is 23.7. The van der Waals surface area contributed by atoms with Crippen molar-refractivity contribution in [3.63, 3.8) is 0 Å². The zero-order chi connectivity index (χ0) is 13.8. The van der Waals surface area contributed by atoms with Crippen molar-refractivity contribution < 1.29 is 18.7 Å². The number of carbonyl (C=O) groups is 1. The second-order valence-corrected chi connectivity index (χ2v) is 3.86. The summed E-state index contributed by atoms with van der Waals surface area (Å²) in [7, 11) is 1.28. The molecule has 5 heteroatoms. The maximum atomic E-state index is 13.8. The van der Waals surface area contributed by atoms with E-state index in [0.717, 1.165) is 0 Å². The number of carbonyl (C=O) groups excluding carboxylic acids is 1. The van der Waals surface area contributed by atoms with E-state index in [2.05, 4.69) is 9.72 Å². The maximum Gasteiger partial charge on any atom is 0.338 e. The Balaban J connectivity index is 2.28. The predicted molar refractivity (Wildman–Crippen MR) is 66.8 cm³/mol. The van der Waals surface area contributed by atoms with Gasteiger partial charge in [-0.1, -0.05) is 12.1 Å². The Hall–Kier alpha value is -2.43. The molecule has 0 radical (unpaired) electrons. The number of benzene rings is 1. The smallest absolute Gasteiger partial charge is 0.338 e. The normalized spacial score (nSPS) is 10.1. The molecule has 98 valence electrons. The van der Waals surface area contributed by atoms with Gasteiger partial charge < -0.3 is 9.47 Å². The molecule has 0 bridgehead atoms. The van der Waals surface area contributed by atoms with Gasteiger partial charge in [-0.25, -0.2) is 14.2 Å². The van der Waals surface area contributed by atoms with Crippen LogP contribution in [0.3, 0.4) is 0 Å². The van der Waals surface area contributed by atoms with Gasteiger partial charge in [-0.05, 0) is 24.6 Å². The molecule has 0 saturated heterocycles. The SMILES string of the molecule is COC(=O)c1ccnc(Oc2cccc(C)c2F)c1. The summed E-state index contributed by atoms with van der Waals surface area (Å²) in [5.74, 6) is -0.758. The molecule has 0 unspecified atom stereocenters. The highest BCUT2D eigenvalue weighted by atomic mass is 19.1. The fourth-order valence-electron chi connectivity index (χ4n) is 1.52. The second kappa shape index (κ2) is 5.48. The molecule has 4 nitrogen and oxygen atoms in total. The van der Waals surface area contributed by atoms with Gasteiger partial charge in [-0.15, -0.1) is 0 Å². The fraction of sp³-hybridized carbons (Fsp3) is 0.143. The Morgan fingerprint density at radius 1 is 1.32 bits per heavy atom. The van der Waals surface area contributed by atoms with Gasteiger partial charge >= 0.3 is 5.97 Å². The second-order valence-electron chi connectivity index (χ2n) is 3.86. The lowest BCUT2D eigenvalue weighted by molar-refractivity contribution is 0.0600. The highest BCUT2D eigenvalue weighted by molar-refractivity contribution is 5.89. The number of pyridine rings is 1. The summed E-state index contributed by atoms with van der Waals surface area (Å²) in [5, 5.41) is 0. The monoisotopic (exact) mass is 261 g/mol. The summed E-state index contributed by atoms with van der Waals surface area (Å²) >= 11 is 0. The maximum absolute atomic E-state index is 13.8. The molecule has 0 spiro atoms. The number of aryl methyl sites for hydroxylation is 1. The van der Waals surface area contributed by atoms with Crippen LogP contribution in [0.15, 0.2) is 36.5 Å². The molecule has 0 atom stereocenters. The Morgan fingerprint density at radius 3 is 2.84 bits per heavy atom. The Labute approximate surface area is 109 Å². The lowest BCUT2D eigenvalue weighted by atomic mass is 10.2. The highest BCUT2D eigenvalue weighted by Crippen LogP contribution is 2.25. The van der Waals surface area contributed by atoms with E-state index in [1.807, 2.05) is 0 Å². The molecular weight excluding hydrogens is 249 g/mol. The Kier molecular flexibility index (Phi) is 3.75. The van der Waals surface area contributed by atoms with E-state index in [1.165, 1.54) is 31.5 Å². The molecule has 0 N–H and O–H groups in total. The molecule has 1 aromatic carbocycles. The van der Waals surface area contributed by atoms with Crippen LogP contribution in [0.5, 0.6) is 11.6 Å². The minimum atomic E-state index is -0.503. The van der Waals surface area contributed by atoms with E-state index in [1.54, 1.807) is 19.1 Å². The third kappa shape index (κ3) is 2.88. The molecule has 2 aromatic rings. The van der Waals surface area contributed by atoms with Crippen LogP contribution in [0, 0.1) is 12.7 Å². The van der Waals surface area contributed by atoms with Gasteiger partial charge in [0.15, 0.2) is 11.6 Å². The van der Waals surface area contributed by atoms with Crippen LogP contribution in [-0.4, -0.2) is 18.1 Å². The van der Waals surface area contributed by atoms with Crippen molar-refractivity contribution in [3.05, 3.63) is 53.5 Å². The van der Waals surface area contributed by atoms with E-state index >= 15 is 0 Å². The first kappa shape index (κ1) is 13.0. The zero-order valence-electron chi connectivity index (χ0n) is 10.5. The molecule has 0 aliphatic heterocycles. The first-order valence-electron chi connectivity index (χ1n) is 5.59. The van der Waals surface area contributed by atoms with Gasteiger partial charge in [0.2, 0.25) is 5.88 Å². The first-order valence-corrected chi connectivity index (χ1v) is 5.59. The van der Waals surface area contributed by atoms with Crippen LogP contribution in [0.2, 0.25) is 0 Å². The van der Waals surface area contributed by atoms with E-state index in [9.17, 15) is 9.18 Å². The minimum absolute atomic E-state index is 0.0644. The van der Waals surface area contributed by atoms with Crippen molar-refractivity contribution in [1.82, 2.24) is 4.98 Å². The third-order valence-electron chi connectivity index (χ3n) is 2.53. The minimum Gasteiger partial charge on any atom is -0.465 e. The first-order chi connectivity index (χ1) is 9.11. The number of methoxy groups -OCH3 is 1. The summed E-state index contributed by atoms with van der Waals surface area (Å²) in [6, 6.07) is 7.70. The van der Waals surface area contributed by atoms with Crippen LogP contribution in [-0.2, 0) is 4.74 Å². The van der Waals surface area contributed by atoms with Crippen molar-refractivity contribution in [1.29, 1.82) is 0 Å². The summed E-state index contributed by atoms with van der Waals surface area (Å²) in [5.41, 5.74) is 0.766. The Morgan fingerprint density at radius 2 is 2.11 bits per heavy atom. The molecule has 0 aliphatic carbocycles. The largest absolute Gasteiger partial charge is 0.465 e.